The normalized spacial score (nSPS) is 11.7. The molecule has 0 saturated heterocycles. The molecule has 0 radical (unpaired) electrons. The second kappa shape index (κ2) is 7.40. The third-order valence-electron chi connectivity index (χ3n) is 3.55. The van der Waals surface area contributed by atoms with Crippen molar-refractivity contribution in [2.24, 2.45) is 0 Å². The Labute approximate surface area is 146 Å². The molecule has 0 amide bonds. The second-order valence-corrected chi connectivity index (χ2v) is 6.71. The van der Waals surface area contributed by atoms with Crippen molar-refractivity contribution in [2.45, 2.75) is 13.0 Å². The molecule has 1 atom stereocenters. The summed E-state index contributed by atoms with van der Waals surface area (Å²) >= 11 is 7.23. The van der Waals surface area contributed by atoms with Crippen LogP contribution in [0.4, 0.5) is 5.69 Å². The van der Waals surface area contributed by atoms with E-state index in [1.165, 1.54) is 16.0 Å². The summed E-state index contributed by atoms with van der Waals surface area (Å²) in [5, 5.41) is 9.39. The van der Waals surface area contributed by atoms with Crippen molar-refractivity contribution in [2.75, 3.05) is 5.32 Å². The number of hydrogen-bond acceptors (Lipinski definition) is 2. The van der Waals surface area contributed by atoms with Gasteiger partial charge < -0.3 is 10.6 Å². The highest BCUT2D eigenvalue weighted by Gasteiger charge is 2.16. The van der Waals surface area contributed by atoms with Gasteiger partial charge in [0, 0.05) is 10.6 Å². The van der Waals surface area contributed by atoms with Crippen LogP contribution in [0.5, 0.6) is 0 Å². The van der Waals surface area contributed by atoms with E-state index in [9.17, 15) is 0 Å². The molecule has 4 heteroatoms. The fraction of sp³-hybridized carbons (Fsp3) is 0.105. The first kappa shape index (κ1) is 15.7. The van der Waals surface area contributed by atoms with E-state index in [4.69, 9.17) is 12.2 Å². The molecule has 3 rings (SSSR count). The first-order valence-electron chi connectivity index (χ1n) is 7.45. The van der Waals surface area contributed by atoms with Crippen LogP contribution in [0.2, 0.25) is 0 Å². The molecule has 1 aromatic heterocycles. The highest BCUT2D eigenvalue weighted by molar-refractivity contribution is 7.80. The van der Waals surface area contributed by atoms with Gasteiger partial charge in [-0.2, -0.15) is 0 Å². The molecule has 1 heterocycles. The summed E-state index contributed by atoms with van der Waals surface area (Å²) in [7, 11) is 0. The largest absolute Gasteiger partial charge is 0.351 e. The average Bonchev–Trinajstić information content (AvgIpc) is 3.10. The van der Waals surface area contributed by atoms with Crippen molar-refractivity contribution in [3.8, 4) is 0 Å². The van der Waals surface area contributed by atoms with Crippen LogP contribution in [-0.2, 0) is 0 Å². The average molecular weight is 339 g/mol. The lowest BCUT2D eigenvalue weighted by Crippen LogP contribution is -2.32. The quantitative estimate of drug-likeness (QED) is 0.645. The predicted molar refractivity (Wildman–Crippen MR) is 103 cm³/mol. The Kier molecular flexibility index (Phi) is 5.05. The molecule has 0 unspecified atom stereocenters. The number of thiocarbonyl (C=S) groups is 1. The number of nitrogens with one attached hydrogen (secondary N) is 2. The van der Waals surface area contributed by atoms with Gasteiger partial charge in [0.2, 0.25) is 0 Å². The minimum atomic E-state index is 0.0571. The van der Waals surface area contributed by atoms with Gasteiger partial charge in [-0.25, -0.2) is 0 Å². The minimum absolute atomic E-state index is 0.0571. The predicted octanol–water partition coefficient (Wildman–Crippen LogP) is 5.13. The molecule has 0 spiro atoms. The van der Waals surface area contributed by atoms with Crippen molar-refractivity contribution in [3.05, 3.63) is 88.1 Å². The number of benzene rings is 2. The third-order valence-corrected chi connectivity index (χ3v) is 4.70. The zero-order valence-corrected chi connectivity index (χ0v) is 14.5. The van der Waals surface area contributed by atoms with E-state index in [2.05, 4.69) is 59.3 Å². The monoisotopic (exact) mass is 338 g/mol. The molecule has 0 aliphatic heterocycles. The fourth-order valence-electron chi connectivity index (χ4n) is 2.35. The van der Waals surface area contributed by atoms with Gasteiger partial charge in [0.05, 0.1) is 6.04 Å². The van der Waals surface area contributed by atoms with Gasteiger partial charge in [0.15, 0.2) is 5.11 Å². The van der Waals surface area contributed by atoms with Crippen molar-refractivity contribution in [3.63, 3.8) is 0 Å². The van der Waals surface area contributed by atoms with Gasteiger partial charge in [-0.3, -0.25) is 0 Å². The molecule has 3 aromatic rings. The maximum Gasteiger partial charge on any atom is 0.171 e. The Balaban J connectivity index is 1.76. The summed E-state index contributed by atoms with van der Waals surface area (Å²) < 4.78 is 0. The highest BCUT2D eigenvalue weighted by Crippen LogP contribution is 2.26. The summed E-state index contributed by atoms with van der Waals surface area (Å²) in [5.74, 6) is 0. The fourth-order valence-corrected chi connectivity index (χ4v) is 3.39. The van der Waals surface area contributed by atoms with Crippen molar-refractivity contribution >= 4 is 34.4 Å². The van der Waals surface area contributed by atoms with E-state index in [1.807, 2.05) is 30.3 Å². The van der Waals surface area contributed by atoms with Crippen LogP contribution in [0.3, 0.4) is 0 Å². The van der Waals surface area contributed by atoms with Crippen LogP contribution >= 0.6 is 23.6 Å². The van der Waals surface area contributed by atoms with E-state index in [-0.39, 0.29) is 6.04 Å². The second-order valence-electron chi connectivity index (χ2n) is 5.32. The number of aryl methyl sites for hydroxylation is 1. The number of rotatable bonds is 4. The molecule has 2 nitrogen and oxygen atoms in total. The molecular weight excluding hydrogens is 320 g/mol. The van der Waals surface area contributed by atoms with E-state index < -0.39 is 0 Å². The third kappa shape index (κ3) is 4.18. The molecule has 2 N–H and O–H groups in total. The lowest BCUT2D eigenvalue weighted by Gasteiger charge is -2.20. The van der Waals surface area contributed by atoms with E-state index >= 15 is 0 Å². The van der Waals surface area contributed by atoms with Crippen LogP contribution in [0, 0.1) is 6.92 Å². The number of thiophene rings is 1. The zero-order valence-electron chi connectivity index (χ0n) is 12.8. The summed E-state index contributed by atoms with van der Waals surface area (Å²) in [5.41, 5.74) is 3.42. The van der Waals surface area contributed by atoms with E-state index in [1.54, 1.807) is 11.3 Å². The summed E-state index contributed by atoms with van der Waals surface area (Å²) in [6.45, 7) is 2.07. The molecular formula is C19H18N2S2. The Hall–Kier alpha value is -2.17. The van der Waals surface area contributed by atoms with E-state index in [0.29, 0.717) is 5.11 Å². The van der Waals surface area contributed by atoms with Gasteiger partial charge in [-0.15, -0.1) is 11.3 Å². The van der Waals surface area contributed by atoms with Crippen LogP contribution in [-0.4, -0.2) is 5.11 Å². The Morgan fingerprint density at radius 2 is 1.70 bits per heavy atom. The molecule has 0 bridgehead atoms. The Bertz CT molecular complexity index is 750. The van der Waals surface area contributed by atoms with Crippen molar-refractivity contribution in [1.82, 2.24) is 5.32 Å². The Morgan fingerprint density at radius 1 is 0.957 bits per heavy atom. The maximum atomic E-state index is 5.50. The molecule has 0 aliphatic rings. The van der Waals surface area contributed by atoms with Crippen LogP contribution in [0.1, 0.15) is 22.0 Å². The molecule has 2 aromatic carbocycles. The standard InChI is InChI=1S/C19H18N2S2/c1-14-9-11-16(12-10-14)20-19(22)21-18(17-8-5-13-23-17)15-6-3-2-4-7-15/h2-13,18H,1H3,(H2,20,21,22)/t18-/m1/s1. The maximum absolute atomic E-state index is 5.50. The van der Waals surface area contributed by atoms with Gasteiger partial charge in [0.1, 0.15) is 0 Å². The Morgan fingerprint density at radius 3 is 2.35 bits per heavy atom. The van der Waals surface area contributed by atoms with Gasteiger partial charge in [-0.1, -0.05) is 54.1 Å². The summed E-state index contributed by atoms with van der Waals surface area (Å²) in [6, 6.07) is 22.8. The first-order chi connectivity index (χ1) is 11.2. The molecule has 0 saturated carbocycles. The van der Waals surface area contributed by atoms with Gasteiger partial charge in [-0.05, 0) is 48.3 Å². The van der Waals surface area contributed by atoms with Gasteiger partial charge >= 0.3 is 0 Å². The highest BCUT2D eigenvalue weighted by atomic mass is 32.1. The van der Waals surface area contributed by atoms with Crippen molar-refractivity contribution < 1.29 is 0 Å². The molecule has 23 heavy (non-hydrogen) atoms. The van der Waals surface area contributed by atoms with Crippen LogP contribution < -0.4 is 10.6 Å². The van der Waals surface area contributed by atoms with Crippen LogP contribution in [0.15, 0.2) is 72.1 Å². The number of hydrogen-bond donors (Lipinski definition) is 2. The van der Waals surface area contributed by atoms with Crippen molar-refractivity contribution in [1.29, 1.82) is 0 Å². The minimum Gasteiger partial charge on any atom is -0.351 e. The molecule has 116 valence electrons. The summed E-state index contributed by atoms with van der Waals surface area (Å²) in [4.78, 5) is 1.24. The topological polar surface area (TPSA) is 24.1 Å². The zero-order chi connectivity index (χ0) is 16.1. The smallest absolute Gasteiger partial charge is 0.171 e. The first-order valence-corrected chi connectivity index (χ1v) is 8.74. The number of anilines is 1. The molecule has 0 fully saturated rings. The SMILES string of the molecule is Cc1ccc(NC(=S)N[C@H](c2ccccc2)c2cccs2)cc1. The lowest BCUT2D eigenvalue weighted by atomic mass is 10.1. The molecule has 0 aliphatic carbocycles. The van der Waals surface area contributed by atoms with Gasteiger partial charge in [0.25, 0.3) is 0 Å². The summed E-state index contributed by atoms with van der Waals surface area (Å²) in [6.07, 6.45) is 0. The lowest BCUT2D eigenvalue weighted by molar-refractivity contribution is 0.784. The van der Waals surface area contributed by atoms with Crippen LogP contribution in [0.25, 0.3) is 0 Å². The van der Waals surface area contributed by atoms with E-state index in [0.717, 1.165) is 5.69 Å².